The lowest BCUT2D eigenvalue weighted by atomic mass is 9.77. The van der Waals surface area contributed by atoms with E-state index in [4.69, 9.17) is 9.05 Å². The maximum Gasteiger partial charge on any atom is 0.472 e. The van der Waals surface area contributed by atoms with Gasteiger partial charge in [-0.25, -0.2) is 4.57 Å². The van der Waals surface area contributed by atoms with E-state index in [9.17, 15) is 14.7 Å². The number of phosphoric ester groups is 1. The Hall–Kier alpha value is -0.0100. The van der Waals surface area contributed by atoms with Gasteiger partial charge in [0.25, 0.3) is 0 Å². The van der Waals surface area contributed by atoms with Crippen molar-refractivity contribution in [2.45, 2.75) is 154 Å². The molecule has 1 aliphatic heterocycles. The van der Waals surface area contributed by atoms with E-state index in [2.05, 4.69) is 21.0 Å². The highest BCUT2D eigenvalue weighted by Gasteiger charge is 2.50. The second-order valence-corrected chi connectivity index (χ2v) is 14.7. The minimum Gasteiger partial charge on any atom is -0.324 e. The first kappa shape index (κ1) is 35.0. The maximum absolute atomic E-state index is 12.7. The lowest BCUT2D eigenvalue weighted by Gasteiger charge is -2.53. The molecule has 221 valence electrons. The van der Waals surface area contributed by atoms with Crippen LogP contribution in [0.2, 0.25) is 0 Å². The monoisotopic (exact) mass is 548 g/mol. The van der Waals surface area contributed by atoms with Gasteiger partial charge >= 0.3 is 7.82 Å². The van der Waals surface area contributed by atoms with Crippen LogP contribution in [0, 0.1) is 0 Å². The fourth-order valence-electron chi connectivity index (χ4n) is 5.79. The molecule has 0 amide bonds. The van der Waals surface area contributed by atoms with Crippen LogP contribution in [0.15, 0.2) is 0 Å². The number of rotatable bonds is 21. The molecule has 1 rings (SSSR count). The van der Waals surface area contributed by atoms with Gasteiger partial charge in [0.15, 0.2) is 0 Å². The molecule has 1 atom stereocenters. The van der Waals surface area contributed by atoms with E-state index in [0.717, 1.165) is 32.1 Å². The third kappa shape index (κ3) is 14.3. The fraction of sp³-hybridized carbons (Fsp3) is 1.00. The van der Waals surface area contributed by atoms with Crippen LogP contribution in [0.5, 0.6) is 0 Å². The largest absolute Gasteiger partial charge is 0.472 e. The molecule has 1 radical (unpaired) electrons. The molecule has 0 bridgehead atoms. The fourth-order valence-corrected chi connectivity index (χ4v) is 6.54. The zero-order valence-corrected chi connectivity index (χ0v) is 26.3. The van der Waals surface area contributed by atoms with Crippen LogP contribution in [0.3, 0.4) is 0 Å². The van der Waals surface area contributed by atoms with Gasteiger partial charge in [0.1, 0.15) is 13.2 Å². The predicted molar refractivity (Wildman–Crippen MR) is 153 cm³/mol. The van der Waals surface area contributed by atoms with E-state index >= 15 is 0 Å². The molecule has 1 fully saturated rings. The Kier molecular flexibility index (Phi) is 16.0. The topological polar surface area (TPSA) is 78.9 Å². The number of likely N-dealkylation sites (N-methyl/N-ethyl adjacent to an activating group) is 1. The van der Waals surface area contributed by atoms with Crippen molar-refractivity contribution in [2.75, 3.05) is 33.9 Å². The Morgan fingerprint density at radius 3 is 1.57 bits per heavy atom. The lowest BCUT2D eigenvalue weighted by molar-refractivity contribution is -0.918. The third-order valence-electron chi connectivity index (χ3n) is 8.23. The molecule has 0 aromatic rings. The Bertz CT molecular complexity index is 638. The van der Waals surface area contributed by atoms with Crippen LogP contribution >= 0.6 is 7.82 Å². The molecule has 7 nitrogen and oxygen atoms in total. The minimum absolute atomic E-state index is 0.151. The Balaban J connectivity index is 2.11. The molecule has 1 saturated heterocycles. The van der Waals surface area contributed by atoms with E-state index in [1.807, 2.05) is 27.7 Å². The molecule has 1 N–H and O–H groups in total. The normalized spacial score (nSPS) is 20.2. The molecule has 0 saturated carbocycles. The van der Waals surface area contributed by atoms with E-state index in [-0.39, 0.29) is 19.3 Å². The van der Waals surface area contributed by atoms with Crippen LogP contribution in [0.1, 0.15) is 137 Å². The number of piperidine rings is 1. The van der Waals surface area contributed by atoms with Gasteiger partial charge in [-0.15, -0.1) is 10.3 Å². The number of phosphoric acid groups is 1. The van der Waals surface area contributed by atoms with Crippen molar-refractivity contribution < 1.29 is 28.2 Å². The molecule has 8 heteroatoms. The second kappa shape index (κ2) is 16.9. The smallest absolute Gasteiger partial charge is 0.324 e. The highest BCUT2D eigenvalue weighted by molar-refractivity contribution is 7.47. The number of quaternary nitrogens is 1. The number of nitrogens with zero attached hydrogens (tertiary/aromatic N) is 2. The van der Waals surface area contributed by atoms with Gasteiger partial charge in [-0.05, 0) is 34.1 Å². The molecule has 1 unspecified atom stereocenters. The third-order valence-corrected chi connectivity index (χ3v) is 9.25. The Morgan fingerprint density at radius 2 is 1.14 bits per heavy atom. The molecule has 0 aromatic heterocycles. The van der Waals surface area contributed by atoms with Crippen molar-refractivity contribution in [3.8, 4) is 0 Å². The maximum atomic E-state index is 12.7. The van der Waals surface area contributed by atoms with Crippen molar-refractivity contribution in [3.05, 3.63) is 0 Å². The Morgan fingerprint density at radius 1 is 0.757 bits per heavy atom. The summed E-state index contributed by atoms with van der Waals surface area (Å²) in [5, 5.41) is 13.9. The number of unbranched alkanes of at least 4 members (excludes halogenated alkanes) is 13. The first-order chi connectivity index (χ1) is 17.2. The quantitative estimate of drug-likeness (QED) is 0.0892. The van der Waals surface area contributed by atoms with Crippen molar-refractivity contribution in [3.63, 3.8) is 0 Å². The van der Waals surface area contributed by atoms with E-state index in [1.165, 1.54) is 75.7 Å². The summed E-state index contributed by atoms with van der Waals surface area (Å²) in [5.41, 5.74) is -0.878. The molecule has 37 heavy (non-hydrogen) atoms. The first-order valence-corrected chi connectivity index (χ1v) is 16.6. The average molecular weight is 549 g/mol. The van der Waals surface area contributed by atoms with Crippen LogP contribution < -0.4 is 0 Å². The van der Waals surface area contributed by atoms with Crippen molar-refractivity contribution in [2.24, 2.45) is 0 Å². The molecule has 0 aliphatic carbocycles. The van der Waals surface area contributed by atoms with Gasteiger partial charge in [0, 0.05) is 23.9 Å². The number of hydrogen-bond donors (Lipinski definition) is 1. The van der Waals surface area contributed by atoms with E-state index < -0.39 is 18.9 Å². The summed E-state index contributed by atoms with van der Waals surface area (Å²) >= 11 is 0. The lowest BCUT2D eigenvalue weighted by Crippen LogP contribution is -2.65. The van der Waals surface area contributed by atoms with E-state index in [0.29, 0.717) is 11.0 Å². The molecule has 0 spiro atoms. The zero-order valence-electron chi connectivity index (χ0n) is 25.4. The van der Waals surface area contributed by atoms with Gasteiger partial charge < -0.3 is 9.38 Å². The van der Waals surface area contributed by atoms with Gasteiger partial charge in [-0.3, -0.25) is 9.05 Å². The number of hydrogen-bond acceptors (Lipinski definition) is 4. The van der Waals surface area contributed by atoms with E-state index in [1.54, 1.807) is 0 Å². The van der Waals surface area contributed by atoms with Gasteiger partial charge in [0.2, 0.25) is 0 Å². The molecule has 1 aliphatic rings. The summed E-state index contributed by atoms with van der Waals surface area (Å²) in [6, 6.07) is 0.272. The van der Waals surface area contributed by atoms with Gasteiger partial charge in [-0.2, -0.15) is 0 Å². The summed E-state index contributed by atoms with van der Waals surface area (Å²) in [6.45, 7) is 11.2. The minimum atomic E-state index is -4.03. The van der Waals surface area contributed by atoms with Crippen molar-refractivity contribution in [1.29, 1.82) is 0 Å². The second-order valence-electron chi connectivity index (χ2n) is 13.2. The SMILES string of the molecule is CCCCCCCCCCCCCCCCOP(=O)(O)OCC[N+](C)(C)C1CC(C)(C)N([O])C(C)(C)C1. The van der Waals surface area contributed by atoms with Gasteiger partial charge in [0.05, 0.1) is 26.7 Å². The molecular formula is C29H61N2O5P+. The summed E-state index contributed by atoms with van der Waals surface area (Å²) in [6.07, 6.45) is 19.4. The summed E-state index contributed by atoms with van der Waals surface area (Å²) in [5.74, 6) is 0. The van der Waals surface area contributed by atoms with Crippen LogP contribution in [0.25, 0.3) is 0 Å². The Labute approximate surface area is 229 Å². The molecule has 0 aromatic carbocycles. The van der Waals surface area contributed by atoms with Crippen LogP contribution in [-0.2, 0) is 18.8 Å². The zero-order chi connectivity index (χ0) is 28.0. The summed E-state index contributed by atoms with van der Waals surface area (Å²) in [7, 11) is 0.185. The van der Waals surface area contributed by atoms with Crippen LogP contribution in [0.4, 0.5) is 0 Å². The van der Waals surface area contributed by atoms with Gasteiger partial charge in [-0.1, -0.05) is 90.4 Å². The highest BCUT2D eigenvalue weighted by atomic mass is 31.2. The average Bonchev–Trinajstić information content (AvgIpc) is 2.79. The first-order valence-electron chi connectivity index (χ1n) is 15.2. The molecule has 1 heterocycles. The highest BCUT2D eigenvalue weighted by Crippen LogP contribution is 2.44. The summed E-state index contributed by atoms with van der Waals surface area (Å²) in [4.78, 5) is 10.1. The van der Waals surface area contributed by atoms with Crippen molar-refractivity contribution >= 4 is 7.82 Å². The summed E-state index contributed by atoms with van der Waals surface area (Å²) < 4.78 is 23.5. The van der Waals surface area contributed by atoms with Crippen LogP contribution in [-0.4, -0.2) is 65.4 Å². The molecular weight excluding hydrogens is 487 g/mol. The number of hydroxylamine groups is 2. The van der Waals surface area contributed by atoms with Crippen molar-refractivity contribution in [1.82, 2.24) is 5.06 Å². The predicted octanol–water partition coefficient (Wildman–Crippen LogP) is 8.04. The standard InChI is InChI=1S/C29H60N2O5P/c1-8-9-10-11-12-13-14-15-16-17-18-19-20-21-23-35-37(33,34)36-24-22-31(6,7)27-25-28(2,3)30(32)29(4,5)26-27/h27H,8-26H2,1-7H3/p+1.